The number of carbonyl (C=O) groups excluding carboxylic acids is 2. The van der Waals surface area contributed by atoms with Crippen molar-refractivity contribution in [3.63, 3.8) is 0 Å². The number of nitrogens with one attached hydrogen (secondary N) is 1. The Bertz CT molecular complexity index is 966. The van der Waals surface area contributed by atoms with Gasteiger partial charge in [-0.3, -0.25) is 9.48 Å². The lowest BCUT2D eigenvalue weighted by Gasteiger charge is -2.35. The molecule has 3 amide bonds. The van der Waals surface area contributed by atoms with E-state index >= 15 is 0 Å². The first kappa shape index (κ1) is 26.4. The SMILES string of the molecule is COc1ccc(NC(=O)N(C)C[C@@H]2OCc3cn(nn3)CCCC(=O)N([C@@H](C)CO)C[C@H]2C)cc1. The Morgan fingerprint density at radius 1 is 1.37 bits per heavy atom. The largest absolute Gasteiger partial charge is 0.497 e. The molecule has 2 bridgehead atoms. The molecule has 1 aromatic heterocycles. The molecule has 11 nitrogen and oxygen atoms in total. The van der Waals surface area contributed by atoms with E-state index in [1.54, 1.807) is 52.9 Å². The van der Waals surface area contributed by atoms with Gasteiger partial charge in [0.15, 0.2) is 0 Å². The summed E-state index contributed by atoms with van der Waals surface area (Å²) in [6, 6.07) is 6.49. The Morgan fingerprint density at radius 3 is 2.80 bits per heavy atom. The number of aliphatic hydroxyl groups is 1. The van der Waals surface area contributed by atoms with E-state index in [0.29, 0.717) is 49.6 Å². The second-order valence-corrected chi connectivity index (χ2v) is 9.02. The molecule has 2 aromatic rings. The van der Waals surface area contributed by atoms with Crippen LogP contribution in [0, 0.1) is 5.92 Å². The van der Waals surface area contributed by atoms with E-state index in [1.165, 1.54) is 0 Å². The number of likely N-dealkylation sites (N-methyl/N-ethyl adjacent to an activating group) is 1. The average molecular weight is 489 g/mol. The maximum absolute atomic E-state index is 13.0. The zero-order chi connectivity index (χ0) is 25.4. The number of nitrogens with zero attached hydrogens (tertiary/aromatic N) is 5. The molecule has 0 saturated heterocycles. The summed E-state index contributed by atoms with van der Waals surface area (Å²) in [6.07, 6.45) is 2.41. The Hall–Kier alpha value is -3.18. The van der Waals surface area contributed by atoms with Crippen LogP contribution in [0.25, 0.3) is 0 Å². The van der Waals surface area contributed by atoms with Crippen LogP contribution in [0.3, 0.4) is 0 Å². The minimum Gasteiger partial charge on any atom is -0.497 e. The minimum absolute atomic E-state index is 0.0256. The summed E-state index contributed by atoms with van der Waals surface area (Å²) in [5.41, 5.74) is 1.34. The first-order valence-corrected chi connectivity index (χ1v) is 11.9. The van der Waals surface area contributed by atoms with E-state index in [9.17, 15) is 14.7 Å². The second-order valence-electron chi connectivity index (χ2n) is 9.02. The number of aliphatic hydroxyl groups excluding tert-OH is 1. The number of carbonyl (C=O) groups is 2. The van der Waals surface area contributed by atoms with Gasteiger partial charge < -0.3 is 29.7 Å². The molecule has 2 heterocycles. The fourth-order valence-corrected chi connectivity index (χ4v) is 3.94. The molecule has 0 unspecified atom stereocenters. The van der Waals surface area contributed by atoms with Gasteiger partial charge in [-0.2, -0.15) is 0 Å². The zero-order valence-corrected chi connectivity index (χ0v) is 20.9. The number of ether oxygens (including phenoxy) is 2. The van der Waals surface area contributed by atoms with Gasteiger partial charge in [0.05, 0.1) is 38.7 Å². The number of anilines is 1. The summed E-state index contributed by atoms with van der Waals surface area (Å²) in [4.78, 5) is 29.1. The summed E-state index contributed by atoms with van der Waals surface area (Å²) < 4.78 is 13.1. The van der Waals surface area contributed by atoms with Crippen LogP contribution in [-0.4, -0.2) is 87.8 Å². The molecule has 0 radical (unpaired) electrons. The van der Waals surface area contributed by atoms with Gasteiger partial charge in [-0.25, -0.2) is 4.79 Å². The molecule has 11 heteroatoms. The molecule has 1 aromatic carbocycles. The summed E-state index contributed by atoms with van der Waals surface area (Å²) in [5.74, 6) is 0.568. The molecule has 3 atom stereocenters. The van der Waals surface area contributed by atoms with Crippen molar-refractivity contribution in [3.05, 3.63) is 36.2 Å². The Kier molecular flexibility index (Phi) is 9.44. The van der Waals surface area contributed by atoms with Gasteiger partial charge in [0.25, 0.3) is 0 Å². The Balaban J connectivity index is 1.73. The van der Waals surface area contributed by atoms with Crippen molar-refractivity contribution in [2.45, 2.75) is 52.0 Å². The fraction of sp³-hybridized carbons (Fsp3) is 0.583. The van der Waals surface area contributed by atoms with E-state index in [0.717, 1.165) is 0 Å². The average Bonchev–Trinajstić information content (AvgIpc) is 3.31. The van der Waals surface area contributed by atoms with Crippen LogP contribution in [0.5, 0.6) is 5.75 Å². The topological polar surface area (TPSA) is 122 Å². The smallest absolute Gasteiger partial charge is 0.321 e. The van der Waals surface area contributed by atoms with Crippen molar-refractivity contribution in [3.8, 4) is 5.75 Å². The number of benzene rings is 1. The van der Waals surface area contributed by atoms with Crippen molar-refractivity contribution in [1.82, 2.24) is 24.8 Å². The first-order chi connectivity index (χ1) is 16.8. The number of hydrogen-bond donors (Lipinski definition) is 2. The second kappa shape index (κ2) is 12.5. The summed E-state index contributed by atoms with van der Waals surface area (Å²) in [5, 5.41) is 20.9. The molecule has 35 heavy (non-hydrogen) atoms. The Labute approximate surface area is 206 Å². The third-order valence-electron chi connectivity index (χ3n) is 6.19. The normalized spacial score (nSPS) is 20.3. The monoisotopic (exact) mass is 488 g/mol. The van der Waals surface area contributed by atoms with Crippen molar-refractivity contribution in [2.75, 3.05) is 39.2 Å². The quantitative estimate of drug-likeness (QED) is 0.637. The molecule has 192 valence electrons. The molecular weight excluding hydrogens is 452 g/mol. The summed E-state index contributed by atoms with van der Waals surface area (Å²) in [6.45, 7) is 5.22. The number of fused-ring (bicyclic) bond motifs is 2. The highest BCUT2D eigenvalue weighted by Gasteiger charge is 2.28. The summed E-state index contributed by atoms with van der Waals surface area (Å²) in [7, 11) is 3.29. The van der Waals surface area contributed by atoms with Crippen molar-refractivity contribution < 1.29 is 24.2 Å². The van der Waals surface area contributed by atoms with E-state index in [1.807, 2.05) is 20.0 Å². The zero-order valence-electron chi connectivity index (χ0n) is 20.9. The number of hydrogen-bond acceptors (Lipinski definition) is 7. The third-order valence-corrected chi connectivity index (χ3v) is 6.19. The molecule has 1 aliphatic rings. The van der Waals surface area contributed by atoms with Gasteiger partial charge >= 0.3 is 6.03 Å². The lowest BCUT2D eigenvalue weighted by Crippen LogP contribution is -2.48. The molecule has 2 N–H and O–H groups in total. The maximum atomic E-state index is 13.0. The van der Waals surface area contributed by atoms with Gasteiger partial charge in [0.2, 0.25) is 5.91 Å². The number of aromatic nitrogens is 3. The van der Waals surface area contributed by atoms with Crippen LogP contribution in [-0.2, 0) is 22.7 Å². The molecule has 0 spiro atoms. The number of methoxy groups -OCH3 is 1. The van der Waals surface area contributed by atoms with Crippen LogP contribution in [0.15, 0.2) is 30.5 Å². The highest BCUT2D eigenvalue weighted by Crippen LogP contribution is 2.19. The van der Waals surface area contributed by atoms with Crippen LogP contribution in [0.4, 0.5) is 10.5 Å². The number of aryl methyl sites for hydroxylation is 1. The maximum Gasteiger partial charge on any atom is 0.321 e. The predicted octanol–water partition coefficient (Wildman–Crippen LogP) is 1.98. The van der Waals surface area contributed by atoms with Gasteiger partial charge in [0, 0.05) is 44.7 Å². The fourth-order valence-electron chi connectivity index (χ4n) is 3.94. The van der Waals surface area contributed by atoms with E-state index < -0.39 is 0 Å². The number of amides is 3. The predicted molar refractivity (Wildman–Crippen MR) is 130 cm³/mol. The lowest BCUT2D eigenvalue weighted by molar-refractivity contribution is -0.136. The molecule has 3 rings (SSSR count). The number of rotatable bonds is 6. The van der Waals surface area contributed by atoms with Gasteiger partial charge in [-0.05, 0) is 37.6 Å². The van der Waals surface area contributed by atoms with Gasteiger partial charge in [-0.15, -0.1) is 5.10 Å². The molecule has 0 aliphatic carbocycles. The highest BCUT2D eigenvalue weighted by molar-refractivity contribution is 5.89. The highest BCUT2D eigenvalue weighted by atomic mass is 16.5. The molecule has 1 aliphatic heterocycles. The van der Waals surface area contributed by atoms with Crippen LogP contribution in [0.2, 0.25) is 0 Å². The van der Waals surface area contributed by atoms with Crippen molar-refractivity contribution in [2.24, 2.45) is 5.92 Å². The molecule has 0 saturated carbocycles. The van der Waals surface area contributed by atoms with Gasteiger partial charge in [-0.1, -0.05) is 12.1 Å². The van der Waals surface area contributed by atoms with E-state index in [2.05, 4.69) is 15.6 Å². The van der Waals surface area contributed by atoms with Crippen LogP contribution >= 0.6 is 0 Å². The number of urea groups is 1. The minimum atomic E-state index is -0.381. The van der Waals surface area contributed by atoms with Crippen LogP contribution < -0.4 is 10.1 Å². The molecule has 0 fully saturated rings. The summed E-state index contributed by atoms with van der Waals surface area (Å²) >= 11 is 0. The standard InChI is InChI=1S/C24H36N6O5/c1-17-12-30(18(2)15-31)23(32)6-5-11-29-13-20(26-27-29)16-35-22(17)14-28(3)24(33)25-19-7-9-21(34-4)10-8-19/h7-10,13,17-18,22,31H,5-6,11-12,14-16H2,1-4H3,(H,25,33)/t17-,18+,22+/m1/s1. The van der Waals surface area contributed by atoms with Gasteiger partial charge in [0.1, 0.15) is 11.4 Å². The van der Waals surface area contributed by atoms with Crippen molar-refractivity contribution in [1.29, 1.82) is 0 Å². The van der Waals surface area contributed by atoms with E-state index in [-0.39, 0.29) is 43.2 Å². The first-order valence-electron chi connectivity index (χ1n) is 11.9. The molecular formula is C24H36N6O5. The van der Waals surface area contributed by atoms with E-state index in [4.69, 9.17) is 9.47 Å². The van der Waals surface area contributed by atoms with Crippen LogP contribution in [0.1, 0.15) is 32.4 Å². The lowest BCUT2D eigenvalue weighted by atomic mass is 10.0. The Morgan fingerprint density at radius 2 is 2.11 bits per heavy atom. The van der Waals surface area contributed by atoms with Crippen molar-refractivity contribution >= 4 is 17.6 Å². The third kappa shape index (κ3) is 7.40.